The molecular formula is C40H78N8O10. The number of rotatable bonds is 38. The Morgan fingerprint density at radius 3 is 1.43 bits per heavy atom. The number of nitrogens with zero attached hydrogens (tertiary/aromatic N) is 1. The molecule has 0 aliphatic carbocycles. The van der Waals surface area contributed by atoms with Crippen LogP contribution in [0, 0.1) is 0 Å². The molecule has 0 spiro atoms. The maximum absolute atomic E-state index is 13.4. The van der Waals surface area contributed by atoms with E-state index in [-0.39, 0.29) is 101 Å². The second-order valence-electron chi connectivity index (χ2n) is 15.1. The summed E-state index contributed by atoms with van der Waals surface area (Å²) in [5, 5.41) is 21.4. The van der Waals surface area contributed by atoms with Crippen LogP contribution in [0.5, 0.6) is 0 Å². The molecule has 0 aromatic heterocycles. The quantitative estimate of drug-likeness (QED) is 0.0380. The molecule has 0 aromatic carbocycles. The summed E-state index contributed by atoms with van der Waals surface area (Å²) in [6, 6.07) is -0.0507. The molecule has 1 aliphatic heterocycles. The van der Waals surface area contributed by atoms with E-state index in [1.807, 2.05) is 0 Å². The van der Waals surface area contributed by atoms with Gasteiger partial charge >= 0.3 is 0 Å². The molecule has 18 nitrogen and oxygen atoms in total. The van der Waals surface area contributed by atoms with Gasteiger partial charge < -0.3 is 67.4 Å². The fourth-order valence-corrected chi connectivity index (χ4v) is 6.46. The summed E-state index contributed by atoms with van der Waals surface area (Å²) in [4.78, 5) is 64.6. The second-order valence-corrected chi connectivity index (χ2v) is 15.1. The normalized spacial score (nSPS) is 15.4. The number of unbranched alkanes of at least 4 members (excludes halogenated alkanes) is 7. The lowest BCUT2D eigenvalue weighted by atomic mass is 10.0. The number of ether oxygens (including phenoxy) is 4. The van der Waals surface area contributed by atoms with Crippen molar-refractivity contribution in [2.24, 2.45) is 17.2 Å². The van der Waals surface area contributed by atoms with Crippen LogP contribution < -0.4 is 38.5 Å². The van der Waals surface area contributed by atoms with Crippen molar-refractivity contribution in [3.05, 3.63) is 0 Å². The standard InChI is InChI=1S/C40H78N8O10/c1-55-29-33-27-34(49)28-48(33)39(54)14-9-7-5-3-2-4-6-8-13-38(53)47-40(30-56-24-15-35(50)44-21-10-18-41,31-57-25-16-36(51)45-22-11-19-42)32-58-26-17-37(52)46-23-12-20-43/h33-34,49H,2-32,41-43H2,1H3,(H,44,50)(H,45,51)(H,46,52)(H,47,53)/t33-,34+/m0/s1. The minimum Gasteiger partial charge on any atom is -0.391 e. The van der Waals surface area contributed by atoms with Crippen LogP contribution in [0.3, 0.4) is 0 Å². The molecule has 0 aromatic rings. The molecule has 338 valence electrons. The van der Waals surface area contributed by atoms with Gasteiger partial charge in [-0.15, -0.1) is 0 Å². The highest BCUT2D eigenvalue weighted by atomic mass is 16.5. The number of β-amino-alcohol motifs (C(OH)–C–C–N with tert-alkyl or cyclic N) is 1. The van der Waals surface area contributed by atoms with Crippen molar-refractivity contribution < 1.29 is 48.0 Å². The number of hydrogen-bond acceptors (Lipinski definition) is 13. The van der Waals surface area contributed by atoms with Gasteiger partial charge in [0.25, 0.3) is 0 Å². The number of nitrogens with two attached hydrogens (primary N) is 3. The van der Waals surface area contributed by atoms with Crippen LogP contribution in [0.25, 0.3) is 0 Å². The van der Waals surface area contributed by atoms with E-state index in [1.54, 1.807) is 12.0 Å². The maximum Gasteiger partial charge on any atom is 0.222 e. The van der Waals surface area contributed by atoms with Crippen molar-refractivity contribution >= 4 is 29.5 Å². The third kappa shape index (κ3) is 26.9. The van der Waals surface area contributed by atoms with Crippen LogP contribution in [0.4, 0.5) is 0 Å². The molecule has 0 unspecified atom stereocenters. The third-order valence-corrected chi connectivity index (χ3v) is 9.69. The highest BCUT2D eigenvalue weighted by molar-refractivity contribution is 5.78. The monoisotopic (exact) mass is 831 g/mol. The molecule has 0 saturated carbocycles. The molecule has 1 heterocycles. The highest BCUT2D eigenvalue weighted by Crippen LogP contribution is 2.20. The zero-order valence-corrected chi connectivity index (χ0v) is 35.4. The number of aliphatic hydroxyl groups is 1. The molecule has 5 amide bonds. The molecule has 1 rings (SSSR count). The molecular weight excluding hydrogens is 752 g/mol. The van der Waals surface area contributed by atoms with Gasteiger partial charge in [0.05, 0.1) is 58.4 Å². The van der Waals surface area contributed by atoms with E-state index >= 15 is 0 Å². The molecule has 18 heteroatoms. The van der Waals surface area contributed by atoms with Crippen molar-refractivity contribution in [2.45, 2.75) is 127 Å². The van der Waals surface area contributed by atoms with Crippen LogP contribution in [0.2, 0.25) is 0 Å². The van der Waals surface area contributed by atoms with Gasteiger partial charge in [0, 0.05) is 65.4 Å². The van der Waals surface area contributed by atoms with Gasteiger partial charge in [0.1, 0.15) is 5.54 Å². The lowest BCUT2D eigenvalue weighted by Crippen LogP contribution is -2.58. The Hall–Kier alpha value is -2.97. The van der Waals surface area contributed by atoms with E-state index in [0.717, 1.165) is 44.9 Å². The van der Waals surface area contributed by atoms with Crippen molar-refractivity contribution in [3.63, 3.8) is 0 Å². The number of amides is 5. The Kier molecular flexibility index (Phi) is 31.9. The first-order chi connectivity index (χ1) is 28.1. The van der Waals surface area contributed by atoms with Gasteiger partial charge in [-0.1, -0.05) is 38.5 Å². The summed E-state index contributed by atoms with van der Waals surface area (Å²) in [5.41, 5.74) is 15.4. The van der Waals surface area contributed by atoms with Gasteiger partial charge in [0.15, 0.2) is 0 Å². The first-order valence-electron chi connectivity index (χ1n) is 21.5. The Balaban J connectivity index is 2.68. The van der Waals surface area contributed by atoms with Gasteiger partial charge in [-0.05, 0) is 58.2 Å². The van der Waals surface area contributed by atoms with Crippen molar-refractivity contribution in [1.29, 1.82) is 0 Å². The average Bonchev–Trinajstić information content (AvgIpc) is 3.57. The van der Waals surface area contributed by atoms with E-state index in [9.17, 15) is 29.1 Å². The molecule has 1 fully saturated rings. The smallest absolute Gasteiger partial charge is 0.222 e. The Morgan fingerprint density at radius 2 is 1.02 bits per heavy atom. The Morgan fingerprint density at radius 1 is 0.603 bits per heavy atom. The topological polar surface area (TPSA) is 272 Å². The van der Waals surface area contributed by atoms with E-state index in [4.69, 9.17) is 36.1 Å². The number of aliphatic hydroxyl groups excluding tert-OH is 1. The van der Waals surface area contributed by atoms with Gasteiger partial charge in [-0.25, -0.2) is 0 Å². The van der Waals surface area contributed by atoms with Crippen LogP contribution in [0.15, 0.2) is 0 Å². The minimum atomic E-state index is -1.15. The van der Waals surface area contributed by atoms with Crippen molar-refractivity contribution in [1.82, 2.24) is 26.2 Å². The van der Waals surface area contributed by atoms with E-state index in [1.165, 1.54) is 0 Å². The number of methoxy groups -OCH3 is 1. The number of likely N-dealkylation sites (tertiary alicyclic amines) is 1. The zero-order valence-electron chi connectivity index (χ0n) is 35.4. The van der Waals surface area contributed by atoms with Crippen LogP contribution in [-0.4, -0.2) is 156 Å². The second kappa shape index (κ2) is 34.8. The highest BCUT2D eigenvalue weighted by Gasteiger charge is 2.35. The molecule has 2 atom stereocenters. The van der Waals surface area contributed by atoms with Crippen molar-refractivity contribution in [3.8, 4) is 0 Å². The summed E-state index contributed by atoms with van der Waals surface area (Å²) in [6.45, 7) is 3.84. The Labute approximate surface area is 346 Å². The summed E-state index contributed by atoms with van der Waals surface area (Å²) in [6.07, 6.45) is 10.6. The summed E-state index contributed by atoms with van der Waals surface area (Å²) < 4.78 is 23.0. The third-order valence-electron chi connectivity index (χ3n) is 9.69. The number of carbonyl (C=O) groups is 5. The summed E-state index contributed by atoms with van der Waals surface area (Å²) in [5.74, 6) is -0.667. The van der Waals surface area contributed by atoms with Crippen LogP contribution >= 0.6 is 0 Å². The largest absolute Gasteiger partial charge is 0.391 e. The predicted molar refractivity (Wildman–Crippen MR) is 221 cm³/mol. The summed E-state index contributed by atoms with van der Waals surface area (Å²) in [7, 11) is 1.61. The molecule has 11 N–H and O–H groups in total. The van der Waals surface area contributed by atoms with E-state index in [0.29, 0.717) is 90.9 Å². The first kappa shape index (κ1) is 53.0. The van der Waals surface area contributed by atoms with Crippen molar-refractivity contribution in [2.75, 3.05) is 99.2 Å². The van der Waals surface area contributed by atoms with Crippen LogP contribution in [-0.2, 0) is 42.9 Å². The van der Waals surface area contributed by atoms with Gasteiger partial charge in [-0.2, -0.15) is 0 Å². The first-order valence-corrected chi connectivity index (χ1v) is 21.5. The average molecular weight is 831 g/mol. The molecule has 1 aliphatic rings. The predicted octanol–water partition coefficient (Wildman–Crippen LogP) is -0.0343. The number of carbonyl (C=O) groups excluding carboxylic acids is 5. The molecule has 0 radical (unpaired) electrons. The minimum absolute atomic E-state index is 0.0282. The Bertz CT molecular complexity index is 1050. The van der Waals surface area contributed by atoms with Gasteiger partial charge in [0.2, 0.25) is 29.5 Å². The lowest BCUT2D eigenvalue weighted by Gasteiger charge is -2.34. The number of hydrogen-bond donors (Lipinski definition) is 8. The fourth-order valence-electron chi connectivity index (χ4n) is 6.46. The van der Waals surface area contributed by atoms with E-state index in [2.05, 4.69) is 21.3 Å². The summed E-state index contributed by atoms with van der Waals surface area (Å²) >= 11 is 0. The number of nitrogens with one attached hydrogen (secondary N) is 4. The lowest BCUT2D eigenvalue weighted by molar-refractivity contribution is -0.133. The van der Waals surface area contributed by atoms with Crippen LogP contribution in [0.1, 0.15) is 109 Å². The fraction of sp³-hybridized carbons (Fsp3) is 0.875. The zero-order chi connectivity index (χ0) is 42.7. The molecule has 1 saturated heterocycles. The maximum atomic E-state index is 13.4. The molecule has 58 heavy (non-hydrogen) atoms. The van der Waals surface area contributed by atoms with Gasteiger partial charge in [-0.3, -0.25) is 24.0 Å². The van der Waals surface area contributed by atoms with E-state index < -0.39 is 11.6 Å². The molecule has 0 bridgehead atoms. The SMILES string of the molecule is COC[C@@H]1C[C@@H](O)CN1C(=O)CCCCCCCCCCC(=O)NC(COCCC(=O)NCCCN)(COCCC(=O)NCCCN)COCCC(=O)NCCCN.